The van der Waals surface area contributed by atoms with Gasteiger partial charge < -0.3 is 4.74 Å². The molecule has 0 aliphatic rings. The van der Waals surface area contributed by atoms with Crippen LogP contribution < -0.4 is 5.32 Å². The Hall–Kier alpha value is -2.13. The van der Waals surface area contributed by atoms with Gasteiger partial charge in [-0.25, -0.2) is 4.79 Å². The van der Waals surface area contributed by atoms with Gasteiger partial charge in [-0.3, -0.25) is 5.32 Å². The molecule has 1 atom stereocenters. The minimum Gasteiger partial charge on any atom is -0.468 e. The molecule has 0 spiro atoms. The van der Waals surface area contributed by atoms with E-state index in [2.05, 4.69) is 5.32 Å². The van der Waals surface area contributed by atoms with Gasteiger partial charge in [0.25, 0.3) is 0 Å². The molecule has 0 aliphatic heterocycles. The van der Waals surface area contributed by atoms with Gasteiger partial charge in [0, 0.05) is 6.54 Å². The number of carbonyl (C=O) groups excluding carboxylic acids is 1. The first-order valence-electron chi connectivity index (χ1n) is 7.04. The molecular formula is C18H21NO2. The van der Waals surface area contributed by atoms with Crippen LogP contribution in [-0.4, -0.2) is 13.1 Å². The molecule has 2 aromatic rings. The van der Waals surface area contributed by atoms with E-state index in [-0.39, 0.29) is 5.97 Å². The summed E-state index contributed by atoms with van der Waals surface area (Å²) in [7, 11) is 1.42. The molecule has 0 radical (unpaired) electrons. The van der Waals surface area contributed by atoms with Crippen molar-refractivity contribution in [1.82, 2.24) is 5.32 Å². The van der Waals surface area contributed by atoms with Crippen molar-refractivity contribution in [3.63, 3.8) is 0 Å². The molecule has 0 saturated carbocycles. The number of esters is 1. The largest absolute Gasteiger partial charge is 0.468 e. The molecule has 2 aromatic carbocycles. The first kappa shape index (κ1) is 15.3. The highest BCUT2D eigenvalue weighted by Crippen LogP contribution is 2.22. The normalized spacial score (nSPS) is 12.0. The van der Waals surface area contributed by atoms with Crippen LogP contribution in [-0.2, 0) is 16.1 Å². The van der Waals surface area contributed by atoms with Gasteiger partial charge in [0.2, 0.25) is 0 Å². The SMILES string of the molecule is COC(=O)C(NCc1ccccc1)c1cccc(C)c1C. The Balaban J connectivity index is 2.23. The van der Waals surface area contributed by atoms with Crippen LogP contribution in [0.4, 0.5) is 0 Å². The summed E-state index contributed by atoms with van der Waals surface area (Å²) in [4.78, 5) is 12.1. The molecule has 0 bridgehead atoms. The first-order chi connectivity index (χ1) is 10.1. The quantitative estimate of drug-likeness (QED) is 0.856. The van der Waals surface area contributed by atoms with Crippen LogP contribution in [0.3, 0.4) is 0 Å². The number of hydrogen-bond acceptors (Lipinski definition) is 3. The Kier molecular flexibility index (Phi) is 5.12. The smallest absolute Gasteiger partial charge is 0.327 e. The van der Waals surface area contributed by atoms with Gasteiger partial charge in [-0.2, -0.15) is 0 Å². The summed E-state index contributed by atoms with van der Waals surface area (Å²) in [6.45, 7) is 4.70. The van der Waals surface area contributed by atoms with Gasteiger partial charge in [0.1, 0.15) is 6.04 Å². The average molecular weight is 283 g/mol. The van der Waals surface area contributed by atoms with Gasteiger partial charge >= 0.3 is 5.97 Å². The molecule has 110 valence electrons. The zero-order valence-corrected chi connectivity index (χ0v) is 12.7. The van der Waals surface area contributed by atoms with Gasteiger partial charge in [-0.1, -0.05) is 48.5 Å². The fourth-order valence-electron chi connectivity index (χ4n) is 2.34. The van der Waals surface area contributed by atoms with Crippen molar-refractivity contribution in [3.8, 4) is 0 Å². The zero-order chi connectivity index (χ0) is 15.2. The van der Waals surface area contributed by atoms with E-state index in [1.807, 2.05) is 62.4 Å². The Bertz CT molecular complexity index is 608. The number of aryl methyl sites for hydroxylation is 1. The Morgan fingerprint density at radius 1 is 1.10 bits per heavy atom. The minimum absolute atomic E-state index is 0.264. The van der Waals surface area contributed by atoms with Crippen molar-refractivity contribution in [1.29, 1.82) is 0 Å². The third-order valence-corrected chi connectivity index (χ3v) is 3.75. The number of methoxy groups -OCH3 is 1. The molecule has 21 heavy (non-hydrogen) atoms. The predicted octanol–water partition coefficient (Wildman–Crippen LogP) is 3.31. The van der Waals surface area contributed by atoms with Crippen LogP contribution in [0.5, 0.6) is 0 Å². The number of rotatable bonds is 5. The molecule has 0 aliphatic carbocycles. The molecule has 0 saturated heterocycles. The highest BCUT2D eigenvalue weighted by molar-refractivity contribution is 5.78. The maximum Gasteiger partial charge on any atom is 0.327 e. The lowest BCUT2D eigenvalue weighted by Crippen LogP contribution is -2.30. The molecule has 3 nitrogen and oxygen atoms in total. The lowest BCUT2D eigenvalue weighted by atomic mass is 9.97. The van der Waals surface area contributed by atoms with Crippen molar-refractivity contribution in [3.05, 3.63) is 70.8 Å². The summed E-state index contributed by atoms with van der Waals surface area (Å²) >= 11 is 0. The second-order valence-electron chi connectivity index (χ2n) is 5.11. The molecule has 3 heteroatoms. The summed E-state index contributed by atoms with van der Waals surface area (Å²) in [5, 5.41) is 3.30. The van der Waals surface area contributed by atoms with Crippen LogP contribution >= 0.6 is 0 Å². The molecular weight excluding hydrogens is 262 g/mol. The molecule has 0 amide bonds. The van der Waals surface area contributed by atoms with Crippen LogP contribution in [0, 0.1) is 13.8 Å². The fraction of sp³-hybridized carbons (Fsp3) is 0.278. The molecule has 2 rings (SSSR count). The number of hydrogen-bond donors (Lipinski definition) is 1. The van der Waals surface area contributed by atoms with E-state index in [1.165, 1.54) is 12.7 Å². The lowest BCUT2D eigenvalue weighted by molar-refractivity contribution is -0.143. The maximum atomic E-state index is 12.1. The minimum atomic E-state index is -0.449. The monoisotopic (exact) mass is 283 g/mol. The molecule has 0 fully saturated rings. The van der Waals surface area contributed by atoms with Crippen molar-refractivity contribution in [2.45, 2.75) is 26.4 Å². The van der Waals surface area contributed by atoms with E-state index in [0.717, 1.165) is 16.7 Å². The second kappa shape index (κ2) is 7.04. The molecule has 0 aromatic heterocycles. The van der Waals surface area contributed by atoms with Crippen LogP contribution in [0.2, 0.25) is 0 Å². The van der Waals surface area contributed by atoms with E-state index in [4.69, 9.17) is 4.74 Å². The molecule has 0 heterocycles. The van der Waals surface area contributed by atoms with E-state index in [0.29, 0.717) is 6.54 Å². The van der Waals surface area contributed by atoms with Crippen molar-refractivity contribution in [2.24, 2.45) is 0 Å². The number of nitrogens with one attached hydrogen (secondary N) is 1. The van der Waals surface area contributed by atoms with Crippen LogP contribution in [0.25, 0.3) is 0 Å². The third kappa shape index (κ3) is 3.70. The molecule has 1 unspecified atom stereocenters. The standard InChI is InChI=1S/C18H21NO2/c1-13-8-7-11-16(14(13)2)17(18(20)21-3)19-12-15-9-5-4-6-10-15/h4-11,17,19H,12H2,1-3H3. The first-order valence-corrected chi connectivity index (χ1v) is 7.04. The van der Waals surface area contributed by atoms with Crippen molar-refractivity contribution in [2.75, 3.05) is 7.11 Å². The fourth-order valence-corrected chi connectivity index (χ4v) is 2.34. The predicted molar refractivity (Wildman–Crippen MR) is 84.0 cm³/mol. The lowest BCUT2D eigenvalue weighted by Gasteiger charge is -2.20. The Morgan fingerprint density at radius 2 is 1.81 bits per heavy atom. The second-order valence-corrected chi connectivity index (χ2v) is 5.11. The molecule has 1 N–H and O–H groups in total. The van der Waals surface area contributed by atoms with Gasteiger partial charge in [-0.15, -0.1) is 0 Å². The number of carbonyl (C=O) groups is 1. The van der Waals surface area contributed by atoms with E-state index < -0.39 is 6.04 Å². The van der Waals surface area contributed by atoms with Crippen LogP contribution in [0.15, 0.2) is 48.5 Å². The summed E-state index contributed by atoms with van der Waals surface area (Å²) in [6, 6.07) is 15.6. The van der Waals surface area contributed by atoms with E-state index >= 15 is 0 Å². The highest BCUT2D eigenvalue weighted by atomic mass is 16.5. The number of benzene rings is 2. The third-order valence-electron chi connectivity index (χ3n) is 3.75. The zero-order valence-electron chi connectivity index (χ0n) is 12.7. The average Bonchev–Trinajstić information content (AvgIpc) is 2.52. The van der Waals surface area contributed by atoms with Gasteiger partial charge in [0.15, 0.2) is 0 Å². The van der Waals surface area contributed by atoms with Crippen molar-refractivity contribution < 1.29 is 9.53 Å². The van der Waals surface area contributed by atoms with E-state index in [1.54, 1.807) is 0 Å². The number of ether oxygens (including phenoxy) is 1. The summed E-state index contributed by atoms with van der Waals surface area (Å²) in [5.74, 6) is -0.264. The summed E-state index contributed by atoms with van der Waals surface area (Å²) in [6.07, 6.45) is 0. The van der Waals surface area contributed by atoms with Gasteiger partial charge in [-0.05, 0) is 36.1 Å². The van der Waals surface area contributed by atoms with Gasteiger partial charge in [0.05, 0.1) is 7.11 Å². The van der Waals surface area contributed by atoms with Crippen molar-refractivity contribution >= 4 is 5.97 Å². The maximum absolute atomic E-state index is 12.1. The Labute approximate surface area is 126 Å². The topological polar surface area (TPSA) is 38.3 Å². The Morgan fingerprint density at radius 3 is 2.48 bits per heavy atom. The highest BCUT2D eigenvalue weighted by Gasteiger charge is 2.22. The summed E-state index contributed by atoms with van der Waals surface area (Å²) in [5.41, 5.74) is 4.39. The van der Waals surface area contributed by atoms with E-state index in [9.17, 15) is 4.79 Å². The summed E-state index contributed by atoms with van der Waals surface area (Å²) < 4.78 is 4.95. The van der Waals surface area contributed by atoms with Crippen LogP contribution in [0.1, 0.15) is 28.3 Å².